The van der Waals surface area contributed by atoms with Gasteiger partial charge in [0.1, 0.15) is 28.7 Å². The first-order valence-corrected chi connectivity index (χ1v) is 12.1. The molecule has 0 aliphatic rings. The summed E-state index contributed by atoms with van der Waals surface area (Å²) in [5, 5.41) is 3.28. The fourth-order valence-corrected chi connectivity index (χ4v) is 3.90. The van der Waals surface area contributed by atoms with Crippen LogP contribution in [0.5, 0.6) is 11.5 Å². The van der Waals surface area contributed by atoms with E-state index in [0.29, 0.717) is 16.7 Å². The zero-order valence-corrected chi connectivity index (χ0v) is 21.6. The van der Waals surface area contributed by atoms with Crippen LogP contribution in [0.4, 0.5) is 4.79 Å². The van der Waals surface area contributed by atoms with E-state index in [0.717, 1.165) is 11.1 Å². The average Bonchev–Trinajstić information content (AvgIpc) is 2.87. The third kappa shape index (κ3) is 6.79. The number of esters is 1. The minimum absolute atomic E-state index is 0.168. The van der Waals surface area contributed by atoms with Crippen LogP contribution in [0.1, 0.15) is 26.3 Å². The highest BCUT2D eigenvalue weighted by atomic mass is 16.6. The van der Waals surface area contributed by atoms with Crippen molar-refractivity contribution in [2.75, 3.05) is 7.11 Å². The van der Waals surface area contributed by atoms with E-state index >= 15 is 0 Å². The molecular weight excluding hydrogens is 486 g/mol. The van der Waals surface area contributed by atoms with Crippen LogP contribution in [0, 0.1) is 0 Å². The molecule has 0 radical (unpaired) electrons. The van der Waals surface area contributed by atoms with Gasteiger partial charge in [0, 0.05) is 23.9 Å². The molecule has 0 saturated heterocycles. The molecular formula is C30H29NO7. The SMILES string of the molecule is COc1ccc(-c2cc(=O)oc3cc(OC(=O)C(Cc4ccccc4)NC(=O)OC(C)(C)C)ccc23)cc1. The van der Waals surface area contributed by atoms with Crippen molar-refractivity contribution in [1.82, 2.24) is 5.32 Å². The number of hydrogen-bond donors (Lipinski definition) is 1. The number of rotatable bonds is 7. The van der Waals surface area contributed by atoms with Gasteiger partial charge in [-0.1, -0.05) is 42.5 Å². The molecule has 0 aliphatic carbocycles. The van der Waals surface area contributed by atoms with Gasteiger partial charge in [-0.3, -0.25) is 0 Å². The molecule has 4 aromatic rings. The summed E-state index contributed by atoms with van der Waals surface area (Å²) in [7, 11) is 1.58. The van der Waals surface area contributed by atoms with Gasteiger partial charge in [-0.25, -0.2) is 14.4 Å². The Morgan fingerprint density at radius 1 is 0.921 bits per heavy atom. The van der Waals surface area contributed by atoms with E-state index in [1.807, 2.05) is 42.5 Å². The maximum atomic E-state index is 13.2. The summed E-state index contributed by atoms with van der Waals surface area (Å²) < 4.78 is 21.6. The molecule has 8 heteroatoms. The van der Waals surface area contributed by atoms with Crippen LogP contribution in [-0.2, 0) is 16.0 Å². The number of nitrogens with one attached hydrogen (secondary N) is 1. The molecule has 3 aromatic carbocycles. The summed E-state index contributed by atoms with van der Waals surface area (Å²) in [6.45, 7) is 5.21. The van der Waals surface area contributed by atoms with Crippen molar-refractivity contribution in [2.45, 2.75) is 38.8 Å². The van der Waals surface area contributed by atoms with Crippen LogP contribution in [0.3, 0.4) is 0 Å². The Labute approximate surface area is 220 Å². The zero-order valence-electron chi connectivity index (χ0n) is 21.6. The number of carbonyl (C=O) groups excluding carboxylic acids is 2. The number of benzene rings is 3. The Balaban J connectivity index is 1.60. The summed E-state index contributed by atoms with van der Waals surface area (Å²) in [4.78, 5) is 37.9. The van der Waals surface area contributed by atoms with E-state index in [1.54, 1.807) is 52.1 Å². The molecule has 196 valence electrons. The van der Waals surface area contributed by atoms with Crippen molar-refractivity contribution in [3.8, 4) is 22.6 Å². The van der Waals surface area contributed by atoms with Gasteiger partial charge in [0.25, 0.3) is 0 Å². The van der Waals surface area contributed by atoms with Gasteiger partial charge in [0.05, 0.1) is 7.11 Å². The lowest BCUT2D eigenvalue weighted by Crippen LogP contribution is -2.46. The molecule has 1 N–H and O–H groups in total. The Hall–Kier alpha value is -4.59. The lowest BCUT2D eigenvalue weighted by Gasteiger charge is -2.23. The fourth-order valence-electron chi connectivity index (χ4n) is 3.90. The molecule has 1 unspecified atom stereocenters. The van der Waals surface area contributed by atoms with Crippen LogP contribution in [0.2, 0.25) is 0 Å². The van der Waals surface area contributed by atoms with Gasteiger partial charge < -0.3 is 23.9 Å². The summed E-state index contributed by atoms with van der Waals surface area (Å²) in [6, 6.07) is 21.8. The number of hydrogen-bond acceptors (Lipinski definition) is 7. The molecule has 0 aliphatic heterocycles. The molecule has 8 nitrogen and oxygen atoms in total. The maximum absolute atomic E-state index is 13.2. The highest BCUT2D eigenvalue weighted by Crippen LogP contribution is 2.31. The van der Waals surface area contributed by atoms with Crippen molar-refractivity contribution in [3.05, 3.63) is 94.8 Å². The zero-order chi connectivity index (χ0) is 27.3. The summed E-state index contributed by atoms with van der Waals surface area (Å²) in [5.74, 6) is 0.176. The standard InChI is InChI=1S/C30H29NO7/c1-30(2,3)38-29(34)31-25(16-19-8-6-5-7-9-19)28(33)36-22-14-15-23-24(18-27(32)37-26(23)17-22)20-10-12-21(35-4)13-11-20/h5-15,17-18,25H,16H2,1-4H3,(H,31,34). The van der Waals surface area contributed by atoms with Crippen LogP contribution in [-0.4, -0.2) is 30.8 Å². The molecule has 1 amide bonds. The van der Waals surface area contributed by atoms with Crippen molar-refractivity contribution in [1.29, 1.82) is 0 Å². The predicted octanol–water partition coefficient (Wildman–Crippen LogP) is 5.51. The van der Waals surface area contributed by atoms with Gasteiger partial charge in [0.15, 0.2) is 0 Å². The quantitative estimate of drug-likeness (QED) is 0.197. The summed E-state index contributed by atoms with van der Waals surface area (Å²) >= 11 is 0. The molecule has 0 fully saturated rings. The summed E-state index contributed by atoms with van der Waals surface area (Å²) in [5.41, 5.74) is 1.29. The lowest BCUT2D eigenvalue weighted by molar-refractivity contribution is -0.136. The molecule has 4 rings (SSSR count). The largest absolute Gasteiger partial charge is 0.497 e. The molecule has 0 bridgehead atoms. The molecule has 0 saturated carbocycles. The molecule has 1 heterocycles. The van der Waals surface area contributed by atoms with E-state index in [9.17, 15) is 14.4 Å². The minimum atomic E-state index is -1.01. The van der Waals surface area contributed by atoms with Crippen LogP contribution in [0.15, 0.2) is 88.1 Å². The smallest absolute Gasteiger partial charge is 0.408 e. The fraction of sp³-hybridized carbons (Fsp3) is 0.233. The number of carbonyl (C=O) groups is 2. The van der Waals surface area contributed by atoms with Crippen LogP contribution >= 0.6 is 0 Å². The predicted molar refractivity (Wildman–Crippen MR) is 143 cm³/mol. The van der Waals surface area contributed by atoms with Gasteiger partial charge in [-0.15, -0.1) is 0 Å². The van der Waals surface area contributed by atoms with Crippen molar-refractivity contribution in [2.24, 2.45) is 0 Å². The Bertz CT molecular complexity index is 1490. The molecule has 1 atom stereocenters. The van der Waals surface area contributed by atoms with E-state index in [1.165, 1.54) is 12.1 Å². The number of ether oxygens (including phenoxy) is 3. The second-order valence-corrected chi connectivity index (χ2v) is 9.68. The molecule has 1 aromatic heterocycles. The van der Waals surface area contributed by atoms with E-state index < -0.39 is 29.3 Å². The first-order valence-electron chi connectivity index (χ1n) is 12.1. The van der Waals surface area contributed by atoms with Gasteiger partial charge in [0.2, 0.25) is 0 Å². The van der Waals surface area contributed by atoms with E-state index in [2.05, 4.69) is 5.32 Å². The van der Waals surface area contributed by atoms with E-state index in [-0.39, 0.29) is 17.8 Å². The highest BCUT2D eigenvalue weighted by molar-refractivity contribution is 5.94. The second kappa shape index (κ2) is 11.2. The average molecular weight is 516 g/mol. The number of fused-ring (bicyclic) bond motifs is 1. The first kappa shape index (κ1) is 26.5. The third-order valence-corrected chi connectivity index (χ3v) is 5.59. The van der Waals surface area contributed by atoms with Crippen molar-refractivity contribution < 1.29 is 28.2 Å². The number of methoxy groups -OCH3 is 1. The maximum Gasteiger partial charge on any atom is 0.408 e. The monoisotopic (exact) mass is 515 g/mol. The Kier molecular flexibility index (Phi) is 7.81. The minimum Gasteiger partial charge on any atom is -0.497 e. The van der Waals surface area contributed by atoms with Crippen LogP contribution < -0.4 is 20.4 Å². The topological polar surface area (TPSA) is 104 Å². The first-order chi connectivity index (χ1) is 18.1. The van der Waals surface area contributed by atoms with Crippen molar-refractivity contribution in [3.63, 3.8) is 0 Å². The highest BCUT2D eigenvalue weighted by Gasteiger charge is 2.26. The van der Waals surface area contributed by atoms with E-state index in [4.69, 9.17) is 18.6 Å². The Morgan fingerprint density at radius 3 is 2.26 bits per heavy atom. The Morgan fingerprint density at radius 2 is 1.61 bits per heavy atom. The number of alkyl carbamates (subject to hydrolysis) is 1. The van der Waals surface area contributed by atoms with Gasteiger partial charge in [-0.2, -0.15) is 0 Å². The van der Waals surface area contributed by atoms with Gasteiger partial charge in [-0.05, 0) is 61.7 Å². The normalized spacial score (nSPS) is 12.0. The van der Waals surface area contributed by atoms with Gasteiger partial charge >= 0.3 is 17.7 Å². The molecule has 38 heavy (non-hydrogen) atoms. The summed E-state index contributed by atoms with van der Waals surface area (Å²) in [6.07, 6.45) is -0.535. The third-order valence-electron chi connectivity index (χ3n) is 5.59. The lowest BCUT2D eigenvalue weighted by atomic mass is 10.0. The second-order valence-electron chi connectivity index (χ2n) is 9.68. The molecule has 0 spiro atoms. The number of amides is 1. The van der Waals surface area contributed by atoms with Crippen molar-refractivity contribution >= 4 is 23.0 Å². The van der Waals surface area contributed by atoms with Crippen LogP contribution in [0.25, 0.3) is 22.1 Å².